The van der Waals surface area contributed by atoms with Crippen molar-refractivity contribution in [3.63, 3.8) is 0 Å². The zero-order valence-electron chi connectivity index (χ0n) is 9.82. The Balaban J connectivity index is 2.69. The Labute approximate surface area is 91.1 Å². The maximum atomic E-state index is 9.88. The highest BCUT2D eigenvalue weighted by Crippen LogP contribution is 2.17. The van der Waals surface area contributed by atoms with E-state index in [2.05, 4.69) is 4.98 Å². The normalized spacial score (nSPS) is 13.2. The molecule has 1 atom stereocenters. The van der Waals surface area contributed by atoms with E-state index in [9.17, 15) is 5.11 Å². The summed E-state index contributed by atoms with van der Waals surface area (Å²) in [4.78, 5) is 4.31. The van der Waals surface area contributed by atoms with Gasteiger partial charge in [0.25, 0.3) is 0 Å². The SMILES string of the molecule is Cc1ccc(C(O)COC(C)C)c(C)n1. The monoisotopic (exact) mass is 209 g/mol. The van der Waals surface area contributed by atoms with Crippen LogP contribution in [-0.4, -0.2) is 22.8 Å². The maximum Gasteiger partial charge on any atom is 0.104 e. The fraction of sp³-hybridized carbons (Fsp3) is 0.583. The fourth-order valence-corrected chi connectivity index (χ4v) is 1.42. The average molecular weight is 209 g/mol. The Kier molecular flexibility index (Phi) is 4.24. The van der Waals surface area contributed by atoms with Gasteiger partial charge < -0.3 is 9.84 Å². The summed E-state index contributed by atoms with van der Waals surface area (Å²) in [7, 11) is 0. The Morgan fingerprint density at radius 3 is 2.53 bits per heavy atom. The molecule has 0 aromatic carbocycles. The number of ether oxygens (including phenoxy) is 1. The van der Waals surface area contributed by atoms with Gasteiger partial charge in [-0.1, -0.05) is 6.07 Å². The van der Waals surface area contributed by atoms with Gasteiger partial charge >= 0.3 is 0 Å². The van der Waals surface area contributed by atoms with E-state index in [0.717, 1.165) is 17.0 Å². The van der Waals surface area contributed by atoms with E-state index in [0.29, 0.717) is 6.61 Å². The molecule has 1 aromatic heterocycles. The van der Waals surface area contributed by atoms with E-state index in [1.54, 1.807) is 0 Å². The summed E-state index contributed by atoms with van der Waals surface area (Å²) in [6.07, 6.45) is -0.445. The summed E-state index contributed by atoms with van der Waals surface area (Å²) in [5, 5.41) is 9.88. The van der Waals surface area contributed by atoms with Gasteiger partial charge in [-0.25, -0.2) is 0 Å². The first kappa shape index (κ1) is 12.1. The minimum atomic E-state index is -0.583. The van der Waals surface area contributed by atoms with E-state index in [1.165, 1.54) is 0 Å². The van der Waals surface area contributed by atoms with Crippen LogP contribution >= 0.6 is 0 Å². The predicted octanol–water partition coefficient (Wildman–Crippen LogP) is 2.16. The minimum Gasteiger partial charge on any atom is -0.386 e. The van der Waals surface area contributed by atoms with Crippen LogP contribution in [0.2, 0.25) is 0 Å². The molecule has 3 nitrogen and oxygen atoms in total. The molecule has 0 amide bonds. The summed E-state index contributed by atoms with van der Waals surface area (Å²) in [5.74, 6) is 0. The van der Waals surface area contributed by atoms with Crippen molar-refractivity contribution in [1.29, 1.82) is 0 Å². The van der Waals surface area contributed by atoms with Gasteiger partial charge in [0.2, 0.25) is 0 Å². The molecule has 0 bridgehead atoms. The third-order valence-electron chi connectivity index (χ3n) is 2.21. The van der Waals surface area contributed by atoms with Crippen molar-refractivity contribution in [2.45, 2.75) is 39.9 Å². The van der Waals surface area contributed by atoms with Crippen LogP contribution in [0.15, 0.2) is 12.1 Å². The van der Waals surface area contributed by atoms with Gasteiger partial charge in [0, 0.05) is 17.0 Å². The van der Waals surface area contributed by atoms with Crippen LogP contribution in [0.4, 0.5) is 0 Å². The second-order valence-corrected chi connectivity index (χ2v) is 4.03. The number of nitrogens with zero attached hydrogens (tertiary/aromatic N) is 1. The van der Waals surface area contributed by atoms with Gasteiger partial charge in [-0.2, -0.15) is 0 Å². The lowest BCUT2D eigenvalue weighted by Crippen LogP contribution is -2.13. The summed E-state index contributed by atoms with van der Waals surface area (Å²) < 4.78 is 5.37. The van der Waals surface area contributed by atoms with Crippen molar-refractivity contribution >= 4 is 0 Å². The number of aliphatic hydroxyl groups is 1. The zero-order valence-corrected chi connectivity index (χ0v) is 9.82. The van der Waals surface area contributed by atoms with Gasteiger partial charge in [-0.05, 0) is 33.8 Å². The van der Waals surface area contributed by atoms with Crippen LogP contribution in [-0.2, 0) is 4.74 Å². The molecule has 0 saturated carbocycles. The summed E-state index contributed by atoms with van der Waals surface area (Å²) >= 11 is 0. The second-order valence-electron chi connectivity index (χ2n) is 4.03. The lowest BCUT2D eigenvalue weighted by molar-refractivity contribution is 0.00453. The van der Waals surface area contributed by atoms with Crippen LogP contribution in [0.1, 0.15) is 36.9 Å². The highest BCUT2D eigenvalue weighted by Gasteiger charge is 2.12. The van der Waals surface area contributed by atoms with E-state index < -0.39 is 6.10 Å². The quantitative estimate of drug-likeness (QED) is 0.826. The molecule has 0 radical (unpaired) electrons. The number of rotatable bonds is 4. The molecule has 0 fully saturated rings. The number of aliphatic hydroxyl groups excluding tert-OH is 1. The number of pyridine rings is 1. The minimum absolute atomic E-state index is 0.137. The Hall–Kier alpha value is -0.930. The van der Waals surface area contributed by atoms with Gasteiger partial charge in [0.1, 0.15) is 6.10 Å². The summed E-state index contributed by atoms with van der Waals surface area (Å²) in [5.41, 5.74) is 2.68. The molecule has 1 rings (SSSR count). The topological polar surface area (TPSA) is 42.4 Å². The highest BCUT2D eigenvalue weighted by atomic mass is 16.5. The smallest absolute Gasteiger partial charge is 0.104 e. The Morgan fingerprint density at radius 1 is 1.33 bits per heavy atom. The first-order valence-electron chi connectivity index (χ1n) is 5.24. The van der Waals surface area contributed by atoms with E-state index in [-0.39, 0.29) is 6.10 Å². The molecule has 1 heterocycles. The summed E-state index contributed by atoms with van der Waals surface area (Å²) in [6, 6.07) is 3.81. The third kappa shape index (κ3) is 3.61. The molecule has 0 spiro atoms. The molecular formula is C12H19NO2. The van der Waals surface area contributed by atoms with Gasteiger partial charge in [0.15, 0.2) is 0 Å². The van der Waals surface area contributed by atoms with E-state index >= 15 is 0 Å². The molecule has 1 N–H and O–H groups in total. The zero-order chi connectivity index (χ0) is 11.4. The average Bonchev–Trinajstić information content (AvgIpc) is 2.14. The molecular weight excluding hydrogens is 190 g/mol. The van der Waals surface area contributed by atoms with Gasteiger partial charge in [0.05, 0.1) is 12.7 Å². The first-order valence-corrected chi connectivity index (χ1v) is 5.24. The van der Waals surface area contributed by atoms with Crippen molar-refractivity contribution in [3.05, 3.63) is 29.1 Å². The standard InChI is InChI=1S/C12H19NO2/c1-8(2)15-7-12(14)11-6-5-9(3)13-10(11)4/h5-6,8,12,14H,7H2,1-4H3. The van der Waals surface area contributed by atoms with E-state index in [4.69, 9.17) is 4.74 Å². The third-order valence-corrected chi connectivity index (χ3v) is 2.21. The molecule has 0 aliphatic carbocycles. The van der Waals surface area contributed by atoms with Gasteiger partial charge in [-0.3, -0.25) is 4.98 Å². The van der Waals surface area contributed by atoms with Gasteiger partial charge in [-0.15, -0.1) is 0 Å². The predicted molar refractivity (Wildman–Crippen MR) is 59.8 cm³/mol. The Bertz CT molecular complexity index is 323. The van der Waals surface area contributed by atoms with Crippen LogP contribution in [0.25, 0.3) is 0 Å². The Morgan fingerprint density at radius 2 is 2.00 bits per heavy atom. The molecule has 0 aliphatic heterocycles. The lowest BCUT2D eigenvalue weighted by Gasteiger charge is -2.15. The van der Waals surface area contributed by atoms with Crippen LogP contribution in [0.5, 0.6) is 0 Å². The van der Waals surface area contributed by atoms with Crippen LogP contribution in [0, 0.1) is 13.8 Å². The molecule has 15 heavy (non-hydrogen) atoms. The first-order chi connectivity index (χ1) is 7.00. The van der Waals surface area contributed by atoms with Crippen molar-refractivity contribution in [1.82, 2.24) is 4.98 Å². The fourth-order valence-electron chi connectivity index (χ4n) is 1.42. The second kappa shape index (κ2) is 5.24. The van der Waals surface area contributed by atoms with Crippen LogP contribution in [0.3, 0.4) is 0 Å². The largest absolute Gasteiger partial charge is 0.386 e. The number of hydrogen-bond donors (Lipinski definition) is 1. The number of aryl methyl sites for hydroxylation is 2. The molecule has 1 aromatic rings. The van der Waals surface area contributed by atoms with Crippen molar-refractivity contribution in [2.75, 3.05) is 6.61 Å². The molecule has 84 valence electrons. The maximum absolute atomic E-state index is 9.88. The molecule has 3 heteroatoms. The summed E-state index contributed by atoms with van der Waals surface area (Å²) in [6.45, 7) is 8.07. The van der Waals surface area contributed by atoms with Crippen molar-refractivity contribution in [3.8, 4) is 0 Å². The van der Waals surface area contributed by atoms with Crippen LogP contribution < -0.4 is 0 Å². The van der Waals surface area contributed by atoms with Crippen molar-refractivity contribution < 1.29 is 9.84 Å². The lowest BCUT2D eigenvalue weighted by atomic mass is 10.1. The molecule has 1 unspecified atom stereocenters. The van der Waals surface area contributed by atoms with E-state index in [1.807, 2.05) is 39.8 Å². The highest BCUT2D eigenvalue weighted by molar-refractivity contribution is 5.23. The number of aromatic nitrogens is 1. The van der Waals surface area contributed by atoms with Crippen molar-refractivity contribution in [2.24, 2.45) is 0 Å². The molecule has 0 saturated heterocycles. The number of hydrogen-bond acceptors (Lipinski definition) is 3. The molecule has 0 aliphatic rings.